The van der Waals surface area contributed by atoms with E-state index in [2.05, 4.69) is 0 Å². The molecule has 1 aromatic rings. The van der Waals surface area contributed by atoms with Gasteiger partial charge >= 0.3 is 23.9 Å². The van der Waals surface area contributed by atoms with E-state index in [1.807, 2.05) is 0 Å². The van der Waals surface area contributed by atoms with Crippen molar-refractivity contribution in [1.29, 1.82) is 0 Å². The Morgan fingerprint density at radius 3 is 1.94 bits per heavy atom. The Morgan fingerprint density at radius 2 is 1.41 bits per heavy atom. The zero-order chi connectivity index (χ0) is 24.0. The molecule has 2 rings (SSSR count). The van der Waals surface area contributed by atoms with Gasteiger partial charge in [0.1, 0.15) is 18.5 Å². The van der Waals surface area contributed by atoms with Gasteiger partial charge in [-0.15, -0.1) is 0 Å². The molecule has 176 valence electrons. The molecule has 12 heteroatoms. The monoisotopic (exact) mass is 492 g/mol. The highest BCUT2D eigenvalue weighted by Gasteiger charge is 2.53. The maximum absolute atomic E-state index is 11.8. The standard InChI is InChI=1S/C20H22Cl2O10/c1-9(23)27-8-16-17(28-10(2)24)18(29-11(3)25)19(30-12(4)26)20(32-16)31-15-6-5-13(21)7-14(15)22/h5-7,16-20H,8H2,1-4H3/t16-,17-,18-,19+,20+/m0/s1. The van der Waals surface area contributed by atoms with Gasteiger partial charge in [-0.05, 0) is 18.2 Å². The van der Waals surface area contributed by atoms with Gasteiger partial charge in [0.15, 0.2) is 12.2 Å². The quantitative estimate of drug-likeness (QED) is 0.413. The first-order chi connectivity index (χ1) is 15.0. The van der Waals surface area contributed by atoms with Gasteiger partial charge < -0.3 is 28.4 Å². The maximum atomic E-state index is 11.8. The third kappa shape index (κ3) is 7.25. The van der Waals surface area contributed by atoms with Crippen LogP contribution in [0.15, 0.2) is 18.2 Å². The Morgan fingerprint density at radius 1 is 0.844 bits per heavy atom. The van der Waals surface area contributed by atoms with Gasteiger partial charge in [-0.3, -0.25) is 19.2 Å². The van der Waals surface area contributed by atoms with Crippen molar-refractivity contribution in [3.8, 4) is 5.75 Å². The van der Waals surface area contributed by atoms with Gasteiger partial charge in [0.25, 0.3) is 0 Å². The average molecular weight is 493 g/mol. The van der Waals surface area contributed by atoms with Crippen LogP contribution in [0.1, 0.15) is 27.7 Å². The highest BCUT2D eigenvalue weighted by atomic mass is 35.5. The van der Waals surface area contributed by atoms with Crippen LogP contribution >= 0.6 is 23.2 Å². The summed E-state index contributed by atoms with van der Waals surface area (Å²) in [4.78, 5) is 46.6. The normalized spacial score (nSPS) is 24.8. The van der Waals surface area contributed by atoms with Crippen LogP contribution < -0.4 is 4.74 Å². The van der Waals surface area contributed by atoms with E-state index in [0.29, 0.717) is 5.02 Å². The summed E-state index contributed by atoms with van der Waals surface area (Å²) in [6, 6.07) is 4.39. The molecule has 0 spiro atoms. The molecule has 0 radical (unpaired) electrons. The second kappa shape index (κ2) is 11.3. The first-order valence-electron chi connectivity index (χ1n) is 9.40. The van der Waals surface area contributed by atoms with Crippen molar-refractivity contribution < 1.29 is 47.6 Å². The van der Waals surface area contributed by atoms with E-state index in [1.54, 1.807) is 0 Å². The van der Waals surface area contributed by atoms with Gasteiger partial charge in [-0.1, -0.05) is 23.2 Å². The summed E-state index contributed by atoms with van der Waals surface area (Å²) < 4.78 is 32.5. The van der Waals surface area contributed by atoms with Crippen LogP contribution in [0.25, 0.3) is 0 Å². The van der Waals surface area contributed by atoms with E-state index in [4.69, 9.17) is 51.6 Å². The first kappa shape index (κ1) is 25.7. The van der Waals surface area contributed by atoms with Crippen LogP contribution in [-0.4, -0.2) is 61.2 Å². The van der Waals surface area contributed by atoms with E-state index in [1.165, 1.54) is 25.1 Å². The third-order valence-electron chi connectivity index (χ3n) is 4.09. The van der Waals surface area contributed by atoms with Crippen molar-refractivity contribution in [3.05, 3.63) is 28.2 Å². The smallest absolute Gasteiger partial charge is 0.303 e. The van der Waals surface area contributed by atoms with Crippen LogP contribution in [-0.2, 0) is 42.9 Å². The average Bonchev–Trinajstić information content (AvgIpc) is 2.65. The second-order valence-corrected chi connectivity index (χ2v) is 7.60. The van der Waals surface area contributed by atoms with Gasteiger partial charge in [0.2, 0.25) is 12.4 Å². The lowest BCUT2D eigenvalue weighted by atomic mass is 9.98. The molecule has 1 heterocycles. The van der Waals surface area contributed by atoms with Crippen molar-refractivity contribution in [2.45, 2.75) is 58.4 Å². The SMILES string of the molecule is CC(=O)OC[C@@H]1O[C@@H](Oc2ccc(Cl)cc2Cl)[C@H](OC(C)=O)[C@@H](OC(C)=O)[C@H]1OC(C)=O. The van der Waals surface area contributed by atoms with Gasteiger partial charge in [-0.2, -0.15) is 0 Å². The van der Waals surface area contributed by atoms with E-state index >= 15 is 0 Å². The molecule has 1 fully saturated rings. The number of hydrogen-bond donors (Lipinski definition) is 0. The van der Waals surface area contributed by atoms with Gasteiger partial charge in [-0.25, -0.2) is 0 Å². The van der Waals surface area contributed by atoms with Gasteiger partial charge in [0.05, 0.1) is 5.02 Å². The third-order valence-corrected chi connectivity index (χ3v) is 4.62. The number of hydrogen-bond acceptors (Lipinski definition) is 10. The molecule has 0 amide bonds. The van der Waals surface area contributed by atoms with Gasteiger partial charge in [0, 0.05) is 32.7 Å². The number of ether oxygens (including phenoxy) is 6. The molecule has 0 unspecified atom stereocenters. The Hall–Kier alpha value is -2.56. The van der Waals surface area contributed by atoms with Crippen molar-refractivity contribution in [3.63, 3.8) is 0 Å². The summed E-state index contributed by atoms with van der Waals surface area (Å²) in [6.45, 7) is 4.19. The minimum Gasteiger partial charge on any atom is -0.463 e. The molecule has 0 aromatic heterocycles. The minimum absolute atomic E-state index is 0.122. The van der Waals surface area contributed by atoms with E-state index < -0.39 is 54.6 Å². The lowest BCUT2D eigenvalue weighted by Crippen LogP contribution is -2.63. The fourth-order valence-electron chi connectivity index (χ4n) is 2.98. The van der Waals surface area contributed by atoms with Crippen molar-refractivity contribution >= 4 is 47.1 Å². The van der Waals surface area contributed by atoms with Crippen LogP contribution in [0.4, 0.5) is 0 Å². The highest BCUT2D eigenvalue weighted by Crippen LogP contribution is 2.34. The highest BCUT2D eigenvalue weighted by molar-refractivity contribution is 6.35. The molecule has 1 aliphatic heterocycles. The molecule has 0 bridgehead atoms. The Balaban J connectivity index is 2.47. The predicted octanol–water partition coefficient (Wildman–Crippen LogP) is 2.46. The number of carbonyl (C=O) groups excluding carboxylic acids is 4. The molecule has 0 saturated carbocycles. The Kier molecular flexibility index (Phi) is 9.11. The van der Waals surface area contributed by atoms with Crippen molar-refractivity contribution in [1.82, 2.24) is 0 Å². The molecule has 0 N–H and O–H groups in total. The number of benzene rings is 1. The fraction of sp³-hybridized carbons (Fsp3) is 0.500. The topological polar surface area (TPSA) is 124 Å². The molecule has 0 aliphatic carbocycles. The summed E-state index contributed by atoms with van der Waals surface area (Å²) in [6.07, 6.45) is -6.49. The summed E-state index contributed by atoms with van der Waals surface area (Å²) in [5, 5.41) is 0.481. The lowest BCUT2D eigenvalue weighted by molar-refractivity contribution is -0.288. The number of carbonyl (C=O) groups is 4. The lowest BCUT2D eigenvalue weighted by Gasteiger charge is -2.43. The molecule has 1 saturated heterocycles. The fourth-order valence-corrected chi connectivity index (χ4v) is 3.43. The first-order valence-corrected chi connectivity index (χ1v) is 10.2. The Bertz CT molecular complexity index is 874. The van der Waals surface area contributed by atoms with Crippen LogP contribution in [0.2, 0.25) is 10.0 Å². The van der Waals surface area contributed by atoms with E-state index in [-0.39, 0.29) is 17.4 Å². The van der Waals surface area contributed by atoms with E-state index in [9.17, 15) is 19.2 Å². The Labute approximate surface area is 193 Å². The molecule has 10 nitrogen and oxygen atoms in total. The maximum Gasteiger partial charge on any atom is 0.303 e. The summed E-state index contributed by atoms with van der Waals surface area (Å²) in [7, 11) is 0. The predicted molar refractivity (Wildman–Crippen MR) is 109 cm³/mol. The molecule has 1 aliphatic rings. The minimum atomic E-state index is -1.38. The van der Waals surface area contributed by atoms with E-state index in [0.717, 1.165) is 20.8 Å². The summed E-state index contributed by atoms with van der Waals surface area (Å²) in [5.41, 5.74) is 0. The summed E-state index contributed by atoms with van der Waals surface area (Å²) in [5.74, 6) is -2.73. The second-order valence-electron chi connectivity index (χ2n) is 6.76. The van der Waals surface area contributed by atoms with Crippen LogP contribution in [0, 0.1) is 0 Å². The molecular formula is C20H22Cl2O10. The number of halogens is 2. The molecule has 5 atom stereocenters. The van der Waals surface area contributed by atoms with Crippen molar-refractivity contribution in [2.24, 2.45) is 0 Å². The summed E-state index contributed by atoms with van der Waals surface area (Å²) >= 11 is 12.1. The van der Waals surface area contributed by atoms with Crippen LogP contribution in [0.3, 0.4) is 0 Å². The molecule has 1 aromatic carbocycles. The zero-order valence-corrected chi connectivity index (χ0v) is 19.2. The number of esters is 4. The molecule has 32 heavy (non-hydrogen) atoms. The zero-order valence-electron chi connectivity index (χ0n) is 17.7. The largest absolute Gasteiger partial charge is 0.463 e. The molecular weight excluding hydrogens is 471 g/mol. The number of rotatable bonds is 7. The van der Waals surface area contributed by atoms with Crippen LogP contribution in [0.5, 0.6) is 5.75 Å². The van der Waals surface area contributed by atoms with Crippen molar-refractivity contribution in [2.75, 3.05) is 6.61 Å².